The first-order valence-corrected chi connectivity index (χ1v) is 5.82. The van der Waals surface area contributed by atoms with E-state index in [-0.39, 0.29) is 17.7 Å². The van der Waals surface area contributed by atoms with E-state index < -0.39 is 0 Å². The van der Waals surface area contributed by atoms with Gasteiger partial charge in [-0.1, -0.05) is 12.1 Å². The molecule has 1 atom stereocenters. The molecular weight excluding hydrogens is 216 g/mol. The lowest BCUT2D eigenvalue weighted by atomic mass is 9.83. The first-order valence-electron chi connectivity index (χ1n) is 5.82. The molecule has 0 fully saturated rings. The Balaban J connectivity index is 2.26. The maximum absolute atomic E-state index is 11.5. The van der Waals surface area contributed by atoms with E-state index in [1.54, 1.807) is 6.92 Å². The molecule has 0 aromatic heterocycles. The first kappa shape index (κ1) is 11.8. The predicted octanol–water partition coefficient (Wildman–Crippen LogP) is 2.17. The summed E-state index contributed by atoms with van der Waals surface area (Å²) in [5.74, 6) is -0.147. The van der Waals surface area contributed by atoms with E-state index in [0.29, 0.717) is 12.0 Å². The Kier molecular flexibility index (Phi) is 3.27. The van der Waals surface area contributed by atoms with Gasteiger partial charge in [-0.15, -0.1) is 0 Å². The van der Waals surface area contributed by atoms with Crippen LogP contribution in [-0.2, 0) is 22.4 Å². The molecule has 2 rings (SSSR count). The largest absolute Gasteiger partial charge is 0.469 e. The highest BCUT2D eigenvalue weighted by Gasteiger charge is 2.25. The van der Waals surface area contributed by atoms with Gasteiger partial charge in [0, 0.05) is 5.56 Å². The van der Waals surface area contributed by atoms with Crippen molar-refractivity contribution in [1.29, 1.82) is 0 Å². The highest BCUT2D eigenvalue weighted by molar-refractivity contribution is 5.94. The van der Waals surface area contributed by atoms with Crippen LogP contribution < -0.4 is 0 Å². The third-order valence-corrected chi connectivity index (χ3v) is 3.38. The van der Waals surface area contributed by atoms with Crippen molar-refractivity contribution in [2.24, 2.45) is 5.92 Å². The summed E-state index contributed by atoms with van der Waals surface area (Å²) in [7, 11) is 1.42. The van der Waals surface area contributed by atoms with E-state index in [4.69, 9.17) is 4.74 Å². The molecule has 0 heterocycles. The number of carbonyl (C=O) groups excluding carboxylic acids is 2. The van der Waals surface area contributed by atoms with Crippen LogP contribution in [0.25, 0.3) is 0 Å². The SMILES string of the molecule is COC(=O)C1CCc2ccc(C(C)=O)cc2C1. The van der Waals surface area contributed by atoms with Gasteiger partial charge in [0.05, 0.1) is 13.0 Å². The van der Waals surface area contributed by atoms with Crippen LogP contribution in [0.3, 0.4) is 0 Å². The summed E-state index contributed by atoms with van der Waals surface area (Å²) >= 11 is 0. The Morgan fingerprint density at radius 3 is 2.71 bits per heavy atom. The fourth-order valence-corrected chi connectivity index (χ4v) is 2.34. The molecule has 17 heavy (non-hydrogen) atoms. The lowest BCUT2D eigenvalue weighted by Gasteiger charge is -2.23. The number of rotatable bonds is 2. The lowest BCUT2D eigenvalue weighted by molar-refractivity contribution is -0.145. The fraction of sp³-hybridized carbons (Fsp3) is 0.429. The molecule has 0 saturated carbocycles. The molecule has 0 aliphatic heterocycles. The minimum atomic E-state index is -0.149. The van der Waals surface area contributed by atoms with Crippen molar-refractivity contribution in [1.82, 2.24) is 0 Å². The van der Waals surface area contributed by atoms with Crippen molar-refractivity contribution in [3.8, 4) is 0 Å². The molecule has 3 nitrogen and oxygen atoms in total. The first-order chi connectivity index (χ1) is 8.11. The van der Waals surface area contributed by atoms with Crippen molar-refractivity contribution in [2.75, 3.05) is 7.11 Å². The van der Waals surface area contributed by atoms with E-state index >= 15 is 0 Å². The molecule has 0 radical (unpaired) electrons. The average molecular weight is 232 g/mol. The quantitative estimate of drug-likeness (QED) is 0.579. The smallest absolute Gasteiger partial charge is 0.309 e. The lowest BCUT2D eigenvalue weighted by Crippen LogP contribution is -2.23. The fourth-order valence-electron chi connectivity index (χ4n) is 2.34. The van der Waals surface area contributed by atoms with Gasteiger partial charge in [0.2, 0.25) is 0 Å². The maximum Gasteiger partial charge on any atom is 0.309 e. The number of aryl methyl sites for hydroxylation is 1. The number of esters is 1. The van der Waals surface area contributed by atoms with Crippen LogP contribution in [0.15, 0.2) is 18.2 Å². The average Bonchev–Trinajstić information content (AvgIpc) is 2.36. The molecule has 0 amide bonds. The highest BCUT2D eigenvalue weighted by atomic mass is 16.5. The summed E-state index contributed by atoms with van der Waals surface area (Å²) in [6.45, 7) is 1.56. The second kappa shape index (κ2) is 4.70. The second-order valence-electron chi connectivity index (χ2n) is 4.50. The Hall–Kier alpha value is -1.64. The third-order valence-electron chi connectivity index (χ3n) is 3.38. The normalized spacial score (nSPS) is 18.4. The predicted molar refractivity (Wildman–Crippen MR) is 64.0 cm³/mol. The molecule has 0 saturated heterocycles. The molecule has 0 bridgehead atoms. The van der Waals surface area contributed by atoms with Gasteiger partial charge in [0.25, 0.3) is 0 Å². The van der Waals surface area contributed by atoms with E-state index in [9.17, 15) is 9.59 Å². The van der Waals surface area contributed by atoms with E-state index in [1.165, 1.54) is 12.7 Å². The molecule has 0 spiro atoms. The summed E-state index contributed by atoms with van der Waals surface area (Å²) in [5.41, 5.74) is 3.07. The highest BCUT2D eigenvalue weighted by Crippen LogP contribution is 2.27. The van der Waals surface area contributed by atoms with Crippen molar-refractivity contribution in [3.05, 3.63) is 34.9 Å². The van der Waals surface area contributed by atoms with Gasteiger partial charge in [-0.05, 0) is 43.4 Å². The number of hydrogen-bond donors (Lipinski definition) is 0. The Morgan fingerprint density at radius 1 is 1.29 bits per heavy atom. The second-order valence-corrected chi connectivity index (χ2v) is 4.50. The van der Waals surface area contributed by atoms with Gasteiger partial charge in [-0.25, -0.2) is 0 Å². The van der Waals surface area contributed by atoms with Crippen LogP contribution in [0.2, 0.25) is 0 Å². The summed E-state index contributed by atoms with van der Waals surface area (Å²) in [6.07, 6.45) is 2.40. The molecule has 1 aromatic carbocycles. The van der Waals surface area contributed by atoms with Crippen molar-refractivity contribution in [2.45, 2.75) is 26.2 Å². The summed E-state index contributed by atoms with van der Waals surface area (Å²) in [4.78, 5) is 22.8. The third kappa shape index (κ3) is 2.38. The summed E-state index contributed by atoms with van der Waals surface area (Å²) in [6, 6.07) is 5.77. The van der Waals surface area contributed by atoms with E-state index in [2.05, 4.69) is 0 Å². The van der Waals surface area contributed by atoms with Gasteiger partial charge >= 0.3 is 5.97 Å². The van der Waals surface area contributed by atoms with Crippen molar-refractivity contribution in [3.63, 3.8) is 0 Å². The zero-order valence-electron chi connectivity index (χ0n) is 10.2. The summed E-state index contributed by atoms with van der Waals surface area (Å²) in [5, 5.41) is 0. The van der Waals surface area contributed by atoms with Crippen molar-refractivity contribution >= 4 is 11.8 Å². The molecule has 1 aromatic rings. The molecule has 1 aliphatic rings. The van der Waals surface area contributed by atoms with Crippen molar-refractivity contribution < 1.29 is 14.3 Å². The monoisotopic (exact) mass is 232 g/mol. The zero-order chi connectivity index (χ0) is 12.4. The number of hydrogen-bond acceptors (Lipinski definition) is 3. The van der Waals surface area contributed by atoms with Crippen LogP contribution >= 0.6 is 0 Å². The minimum absolute atomic E-state index is 0.0605. The van der Waals surface area contributed by atoms with E-state index in [0.717, 1.165) is 18.4 Å². The zero-order valence-corrected chi connectivity index (χ0v) is 10.2. The standard InChI is InChI=1S/C14H16O3/c1-9(15)11-5-3-10-4-6-12(14(16)17-2)8-13(10)7-11/h3,5,7,12H,4,6,8H2,1-2H3. The maximum atomic E-state index is 11.5. The number of benzene rings is 1. The number of fused-ring (bicyclic) bond motifs is 1. The van der Waals surface area contributed by atoms with Crippen LogP contribution in [0, 0.1) is 5.92 Å². The van der Waals surface area contributed by atoms with Gasteiger partial charge < -0.3 is 4.74 Å². The number of ether oxygens (including phenoxy) is 1. The topological polar surface area (TPSA) is 43.4 Å². The molecule has 1 unspecified atom stereocenters. The molecular formula is C14H16O3. The van der Waals surface area contributed by atoms with Crippen LogP contribution in [-0.4, -0.2) is 18.9 Å². The Morgan fingerprint density at radius 2 is 2.06 bits per heavy atom. The van der Waals surface area contributed by atoms with E-state index in [1.807, 2.05) is 18.2 Å². The van der Waals surface area contributed by atoms with Crippen LogP contribution in [0.4, 0.5) is 0 Å². The number of methoxy groups -OCH3 is 1. The number of carbonyl (C=O) groups is 2. The van der Waals surface area contributed by atoms with Gasteiger partial charge in [-0.3, -0.25) is 9.59 Å². The molecule has 1 aliphatic carbocycles. The van der Waals surface area contributed by atoms with Gasteiger partial charge in [0.1, 0.15) is 0 Å². The minimum Gasteiger partial charge on any atom is -0.469 e. The number of Topliss-reactive ketones (excluding diaryl/α,β-unsaturated/α-hetero) is 1. The Bertz CT molecular complexity index is 463. The number of ketones is 1. The van der Waals surface area contributed by atoms with Gasteiger partial charge in [0.15, 0.2) is 5.78 Å². The molecule has 3 heteroatoms. The molecule has 0 N–H and O–H groups in total. The van der Waals surface area contributed by atoms with Gasteiger partial charge in [-0.2, -0.15) is 0 Å². The molecule has 90 valence electrons. The summed E-state index contributed by atoms with van der Waals surface area (Å²) < 4.78 is 4.78. The van der Waals surface area contributed by atoms with Crippen LogP contribution in [0.1, 0.15) is 34.8 Å². The Labute approximate surface area is 101 Å². The van der Waals surface area contributed by atoms with Crippen LogP contribution in [0.5, 0.6) is 0 Å².